The molecule has 0 saturated carbocycles. The third kappa shape index (κ3) is 24.6. The fourth-order valence-electron chi connectivity index (χ4n) is 26.0. The number of benzene rings is 6. The van der Waals surface area contributed by atoms with Crippen molar-refractivity contribution in [3.05, 3.63) is 219 Å². The monoisotopic (exact) mass is 2070 g/mol. The van der Waals surface area contributed by atoms with E-state index in [1.807, 2.05) is 79.7 Å². The van der Waals surface area contributed by atoms with E-state index in [2.05, 4.69) is 141 Å². The van der Waals surface area contributed by atoms with E-state index in [4.69, 9.17) is 23.7 Å². The van der Waals surface area contributed by atoms with Crippen molar-refractivity contribution < 1.29 is 119 Å². The number of aromatic carboxylic acids is 6. The summed E-state index contributed by atoms with van der Waals surface area (Å²) in [6, 6.07) is 10.4. The zero-order valence-corrected chi connectivity index (χ0v) is 93.1. The Morgan fingerprint density at radius 3 is 0.760 bits per heavy atom. The summed E-state index contributed by atoms with van der Waals surface area (Å²) in [5.74, 6) is -2.95. The molecule has 0 spiro atoms. The molecule has 0 fully saturated rings. The van der Waals surface area contributed by atoms with E-state index in [0.29, 0.717) is 134 Å². The maximum atomic E-state index is 12.1. The maximum absolute atomic E-state index is 12.1. The van der Waals surface area contributed by atoms with E-state index in [1.165, 1.54) is 39.5 Å². The smallest absolute Gasteiger partial charge is 0.339 e. The molecular weight excluding hydrogens is 1900 g/mol. The standard InChI is InChI=1S/2C22H30O4.2C21H28O4.2C20H26O4/c1-5-6-7-8-14-12-17-19(20(23)18(14)21(24)25)15-11-13(2)9-10-16(15)22(3,4)26-17;1-5-6-7-8-14-12-17(23)19-15-11-13(2)9-10-16(15)22(3,4)26-20(19)18(14)21(24)25;1-5-6-7-13-11-16-18(19(22)17(13)20(23)24)14-10-12(2)8-9-15(14)21(3,4)25-16;1-5-6-7-13-11-16(22)18-14-10-12(2)8-9-15(14)21(3,4)25-19(18)17(13)20(23)24;1-5-6-12-10-15-17(18(21)16(12)19(22)23)13-9-11(2)7-8-14(13)20(3,4)24-15;1-5-6-13-10-16(21)18(19(22)17(13)20(23)24)15-9-12(4)7-8-14(15)11(2)3/h2*11-12,15-16,23H,5-10H2,1-4H3,(H,24,25);2*10-11,14-15,22H,5-9H2,1-4H3,(H,23,24);9-10,13-14,21H,5-8H2,1-4H3,(H,22,23);9-10,14-15,21-22H,2,5-8H2,1,3-4H3,(H,23,24)/t2*15-,16-;2*14-,15-;13-,14-;14-,15+/m111110/s1. The van der Waals surface area contributed by atoms with Crippen LogP contribution in [0.1, 0.15) is 478 Å². The highest BCUT2D eigenvalue weighted by Crippen LogP contribution is 2.62. The Morgan fingerprint density at radius 1 is 0.280 bits per heavy atom. The van der Waals surface area contributed by atoms with Gasteiger partial charge in [0.1, 0.15) is 130 Å². The van der Waals surface area contributed by atoms with E-state index in [0.717, 1.165) is 160 Å². The van der Waals surface area contributed by atoms with Gasteiger partial charge in [0.05, 0.1) is 0 Å². The highest BCUT2D eigenvalue weighted by atomic mass is 16.5. The first-order valence-electron chi connectivity index (χ1n) is 55.1. The van der Waals surface area contributed by atoms with Crippen LogP contribution in [0.3, 0.4) is 0 Å². The van der Waals surface area contributed by atoms with Gasteiger partial charge >= 0.3 is 35.8 Å². The van der Waals surface area contributed by atoms with Gasteiger partial charge in [0, 0.05) is 98.5 Å². The second kappa shape index (κ2) is 47.8. The third-order valence-corrected chi connectivity index (χ3v) is 33.8. The molecule has 6 aromatic carbocycles. The highest BCUT2D eigenvalue weighted by molar-refractivity contribution is 5.98. The number of allylic oxidation sites excluding steroid dienone is 13. The number of carboxylic acid groups (broad SMARTS) is 6. The van der Waals surface area contributed by atoms with E-state index in [1.54, 1.807) is 12.1 Å². The molecule has 6 aliphatic carbocycles. The van der Waals surface area contributed by atoms with Gasteiger partial charge in [0.15, 0.2) is 0 Å². The van der Waals surface area contributed by atoms with Crippen LogP contribution in [0, 0.1) is 35.5 Å². The van der Waals surface area contributed by atoms with Crippen molar-refractivity contribution in [2.45, 2.75) is 415 Å². The lowest BCUT2D eigenvalue weighted by atomic mass is 9.67. The average Bonchev–Trinajstić information content (AvgIpc) is 0.738. The minimum absolute atomic E-state index is 0.00490. The molecule has 0 amide bonds. The minimum atomic E-state index is -1.17. The van der Waals surface area contributed by atoms with Gasteiger partial charge in [-0.25, -0.2) is 28.8 Å². The fourth-order valence-corrected chi connectivity index (χ4v) is 26.0. The molecule has 0 bridgehead atoms. The second-order valence-corrected chi connectivity index (χ2v) is 47.0. The van der Waals surface area contributed by atoms with Crippen molar-refractivity contribution in [3.63, 3.8) is 0 Å². The number of ether oxygens (including phenoxy) is 5. The van der Waals surface area contributed by atoms with Gasteiger partial charge in [0.2, 0.25) is 0 Å². The van der Waals surface area contributed by atoms with E-state index in [9.17, 15) is 95.2 Å². The van der Waals surface area contributed by atoms with Crippen molar-refractivity contribution in [3.8, 4) is 69.0 Å². The Morgan fingerprint density at radius 2 is 0.500 bits per heavy atom. The maximum Gasteiger partial charge on any atom is 0.339 e. The van der Waals surface area contributed by atoms with Crippen LogP contribution in [0.15, 0.2) is 118 Å². The van der Waals surface area contributed by atoms with Crippen LogP contribution in [0.4, 0.5) is 0 Å². The van der Waals surface area contributed by atoms with E-state index < -0.39 is 47.0 Å². The minimum Gasteiger partial charge on any atom is -0.507 e. The van der Waals surface area contributed by atoms with Crippen LogP contribution in [0.25, 0.3) is 0 Å². The number of carboxylic acids is 6. The van der Waals surface area contributed by atoms with Gasteiger partial charge in [-0.15, -0.1) is 0 Å². The predicted octanol–water partition coefficient (Wildman–Crippen LogP) is 30.4. The lowest BCUT2D eigenvalue weighted by molar-refractivity contribution is 0.00862. The average molecular weight is 2070 g/mol. The summed E-state index contributed by atoms with van der Waals surface area (Å²) in [6.07, 6.45) is 39.7. The largest absolute Gasteiger partial charge is 0.507 e. The molecule has 11 aliphatic rings. The van der Waals surface area contributed by atoms with Crippen LogP contribution < -0.4 is 23.7 Å². The molecular formula is C126H168O24. The quantitative estimate of drug-likeness (QED) is 0.0177. The summed E-state index contributed by atoms with van der Waals surface area (Å²) in [5, 5.41) is 134. The molecule has 0 saturated heterocycles. The molecule has 24 heteroatoms. The third-order valence-electron chi connectivity index (χ3n) is 33.8. The molecule has 5 aliphatic heterocycles. The number of aryl methyl sites for hydroxylation is 6. The molecule has 12 atom stereocenters. The van der Waals surface area contributed by atoms with Crippen molar-refractivity contribution in [1.82, 2.24) is 0 Å². The summed E-state index contributed by atoms with van der Waals surface area (Å²) >= 11 is 0. The van der Waals surface area contributed by atoms with Crippen LogP contribution in [-0.2, 0) is 38.5 Å². The van der Waals surface area contributed by atoms with E-state index >= 15 is 0 Å². The van der Waals surface area contributed by atoms with Gasteiger partial charge in [-0.1, -0.05) is 175 Å². The first-order chi connectivity index (χ1) is 70.6. The second-order valence-electron chi connectivity index (χ2n) is 47.0. The molecule has 816 valence electrons. The van der Waals surface area contributed by atoms with Crippen LogP contribution in [0.2, 0.25) is 0 Å². The van der Waals surface area contributed by atoms with Crippen LogP contribution >= 0.6 is 0 Å². The number of hydrogen-bond donors (Lipinski definition) is 13. The topological polar surface area (TPSA) is 412 Å². The van der Waals surface area contributed by atoms with E-state index in [-0.39, 0.29) is 161 Å². The molecule has 0 radical (unpaired) electrons. The Bertz CT molecular complexity index is 6240. The normalized spacial score (nSPS) is 23.3. The molecule has 17 rings (SSSR count). The number of hydrogen-bond acceptors (Lipinski definition) is 18. The number of rotatable bonds is 26. The number of unbranched alkanes of at least 4 members (excludes halogenated alkanes) is 6. The number of phenols is 7. The Balaban J connectivity index is 0.000000160. The van der Waals surface area contributed by atoms with Crippen molar-refractivity contribution in [2.75, 3.05) is 0 Å². The van der Waals surface area contributed by atoms with Crippen molar-refractivity contribution >= 4 is 35.8 Å². The number of carbonyl (C=O) groups is 6. The molecule has 13 N–H and O–H groups in total. The predicted molar refractivity (Wildman–Crippen MR) is 587 cm³/mol. The summed E-state index contributed by atoms with van der Waals surface area (Å²) in [4.78, 5) is 71.3. The molecule has 0 unspecified atom stereocenters. The Hall–Kier alpha value is -12.1. The van der Waals surface area contributed by atoms with Crippen molar-refractivity contribution in [1.29, 1.82) is 0 Å². The lowest BCUT2D eigenvalue weighted by Gasteiger charge is -2.47. The summed E-state index contributed by atoms with van der Waals surface area (Å²) in [6.45, 7) is 51.5. The SMILES string of the molecule is C=C(C)[C@@H]1CCC(C)=C[C@H]1c1c(O)cc(CCC)c(C(=O)O)c1O.CCCCCc1cc(O)c2c(c1C(=O)O)OC(C)(C)[C@@H]1CCC(C)=C[C@@H]21.CCCCCc1cc2c(c(O)c1C(=O)O)[C@@H]1C=C(C)CC[C@H]1C(C)(C)O2.CCCCc1cc(O)c2c(c1C(=O)O)OC(C)(C)[C@@H]1CCC(C)=C[C@@H]21.CCCCc1cc2c(c(O)c1C(=O)O)[C@@H]1C=C(C)CC[C@H]1C(C)(C)O2.CCCc1cc2c(c(O)c1C(=O)O)[C@@H]1C=C(C)CC[C@H]1C(C)(C)O2. The summed E-state index contributed by atoms with van der Waals surface area (Å²) in [5.41, 5.74) is 14.5. The number of phenolic OH excluding ortho intramolecular Hbond substituents is 3. The van der Waals surface area contributed by atoms with Gasteiger partial charge in [-0.05, 0) is 335 Å². The lowest BCUT2D eigenvalue weighted by Crippen LogP contribution is -2.45. The summed E-state index contributed by atoms with van der Waals surface area (Å²) in [7, 11) is 0. The molecule has 24 nitrogen and oxygen atoms in total. The first-order valence-corrected chi connectivity index (χ1v) is 55.1. The fraction of sp³-hybridized carbons (Fsp3) is 0.556. The van der Waals surface area contributed by atoms with Crippen LogP contribution in [-0.4, -0.2) is 130 Å². The molecule has 150 heavy (non-hydrogen) atoms. The molecule has 5 heterocycles. The highest BCUT2D eigenvalue weighted by Gasteiger charge is 2.54. The Kier molecular flexibility index (Phi) is 37.2. The van der Waals surface area contributed by atoms with Gasteiger partial charge in [0.25, 0.3) is 0 Å². The van der Waals surface area contributed by atoms with Gasteiger partial charge in [-0.2, -0.15) is 0 Å². The zero-order chi connectivity index (χ0) is 110. The van der Waals surface area contributed by atoms with Gasteiger partial charge in [-0.3, -0.25) is 0 Å². The number of fused-ring (bicyclic) bond motifs is 15. The molecule has 0 aromatic heterocycles. The zero-order valence-electron chi connectivity index (χ0n) is 93.1. The van der Waals surface area contributed by atoms with Crippen molar-refractivity contribution in [2.24, 2.45) is 35.5 Å². The Labute approximate surface area is 888 Å². The first kappa shape index (κ1) is 117. The number of aromatic hydroxyl groups is 7. The summed E-state index contributed by atoms with van der Waals surface area (Å²) < 4.78 is 31.3. The van der Waals surface area contributed by atoms with Gasteiger partial charge < -0.3 is 90.1 Å². The van der Waals surface area contributed by atoms with Crippen LogP contribution in [0.5, 0.6) is 69.0 Å². The molecule has 6 aromatic rings.